The third kappa shape index (κ3) is 4.32. The molecule has 22 heavy (non-hydrogen) atoms. The highest BCUT2D eigenvalue weighted by Gasteiger charge is 2.09. The van der Waals surface area contributed by atoms with Gasteiger partial charge >= 0.3 is 0 Å². The van der Waals surface area contributed by atoms with Crippen molar-refractivity contribution < 1.29 is 4.79 Å². The van der Waals surface area contributed by atoms with E-state index in [2.05, 4.69) is 37.4 Å². The zero-order valence-electron chi connectivity index (χ0n) is 13.7. The number of carbonyl (C=O) groups excluding carboxylic acids is 1. The monoisotopic (exact) mass is 293 g/mol. The van der Waals surface area contributed by atoms with Gasteiger partial charge in [0.2, 0.25) is 5.91 Å². The van der Waals surface area contributed by atoms with Gasteiger partial charge in [-0.2, -0.15) is 0 Å². The normalized spacial score (nSPS) is 12.4. The lowest BCUT2D eigenvalue weighted by atomic mass is 10.0. The minimum atomic E-state index is -0.0759. The molecule has 2 rings (SSSR count). The number of carbonyl (C=O) groups is 1. The predicted octanol–water partition coefficient (Wildman–Crippen LogP) is 4.50. The van der Waals surface area contributed by atoms with Crippen molar-refractivity contribution >= 4 is 12.0 Å². The second-order valence-corrected chi connectivity index (χ2v) is 5.83. The Morgan fingerprint density at radius 2 is 1.64 bits per heavy atom. The van der Waals surface area contributed by atoms with E-state index in [0.29, 0.717) is 0 Å². The summed E-state index contributed by atoms with van der Waals surface area (Å²) in [6, 6.07) is 14.4. The Balaban J connectivity index is 2.00. The van der Waals surface area contributed by atoms with Crippen molar-refractivity contribution in [1.29, 1.82) is 0 Å². The second-order valence-electron chi connectivity index (χ2n) is 5.83. The number of benzene rings is 2. The largest absolute Gasteiger partial charge is 0.346 e. The van der Waals surface area contributed by atoms with Crippen LogP contribution in [0, 0.1) is 20.8 Å². The molecule has 1 atom stereocenters. The van der Waals surface area contributed by atoms with E-state index in [1.54, 1.807) is 6.08 Å². The molecule has 0 heterocycles. The van der Waals surface area contributed by atoms with E-state index in [1.807, 2.05) is 44.2 Å². The number of rotatable bonds is 4. The molecule has 114 valence electrons. The van der Waals surface area contributed by atoms with E-state index in [1.165, 1.54) is 16.7 Å². The van der Waals surface area contributed by atoms with Gasteiger partial charge in [0.05, 0.1) is 6.04 Å². The summed E-state index contributed by atoms with van der Waals surface area (Å²) in [5, 5.41) is 3.01. The Morgan fingerprint density at radius 3 is 2.27 bits per heavy atom. The second kappa shape index (κ2) is 7.08. The summed E-state index contributed by atoms with van der Waals surface area (Å²) >= 11 is 0. The molecule has 0 fully saturated rings. The molecule has 0 bridgehead atoms. The van der Waals surface area contributed by atoms with E-state index in [4.69, 9.17) is 0 Å². The lowest BCUT2D eigenvalue weighted by Crippen LogP contribution is -2.25. The van der Waals surface area contributed by atoms with Crippen molar-refractivity contribution in [2.75, 3.05) is 0 Å². The summed E-state index contributed by atoms with van der Waals surface area (Å²) < 4.78 is 0. The van der Waals surface area contributed by atoms with Crippen LogP contribution in [0.1, 0.15) is 40.8 Å². The van der Waals surface area contributed by atoms with Crippen molar-refractivity contribution in [2.45, 2.75) is 33.7 Å². The molecule has 0 spiro atoms. The number of amides is 1. The minimum Gasteiger partial charge on any atom is -0.346 e. The maximum absolute atomic E-state index is 12.0. The molecular formula is C20H23NO. The molecule has 0 saturated carbocycles. The van der Waals surface area contributed by atoms with E-state index in [9.17, 15) is 4.79 Å². The molecule has 2 heteroatoms. The molecule has 0 saturated heterocycles. The molecule has 0 radical (unpaired) electrons. The summed E-state index contributed by atoms with van der Waals surface area (Å²) in [5.41, 5.74) is 5.84. The summed E-state index contributed by atoms with van der Waals surface area (Å²) in [5.74, 6) is -0.0759. The summed E-state index contributed by atoms with van der Waals surface area (Å²) in [4.78, 5) is 12.0. The quantitative estimate of drug-likeness (QED) is 0.826. The lowest BCUT2D eigenvalue weighted by Gasteiger charge is -2.16. The van der Waals surface area contributed by atoms with Crippen molar-refractivity contribution in [3.05, 3.63) is 76.4 Å². The van der Waals surface area contributed by atoms with Crippen molar-refractivity contribution in [1.82, 2.24) is 5.32 Å². The number of aryl methyl sites for hydroxylation is 3. The molecule has 2 nitrogen and oxygen atoms in total. The van der Waals surface area contributed by atoms with Crippen LogP contribution >= 0.6 is 0 Å². The Labute approximate surface area is 132 Å². The maximum Gasteiger partial charge on any atom is 0.244 e. The number of nitrogens with one attached hydrogen (secondary N) is 1. The van der Waals surface area contributed by atoms with E-state index < -0.39 is 0 Å². The molecule has 1 N–H and O–H groups in total. The molecule has 0 aliphatic heterocycles. The van der Waals surface area contributed by atoms with Gasteiger partial charge in [0.15, 0.2) is 0 Å². The molecule has 2 aromatic rings. The van der Waals surface area contributed by atoms with Gasteiger partial charge in [-0.3, -0.25) is 4.79 Å². The zero-order valence-corrected chi connectivity index (χ0v) is 13.7. The van der Waals surface area contributed by atoms with Crippen molar-refractivity contribution in [2.24, 2.45) is 0 Å². The first-order valence-corrected chi connectivity index (χ1v) is 7.58. The number of hydrogen-bond donors (Lipinski definition) is 1. The van der Waals surface area contributed by atoms with Gasteiger partial charge in [0.1, 0.15) is 0 Å². The van der Waals surface area contributed by atoms with Crippen molar-refractivity contribution in [3.8, 4) is 0 Å². The summed E-state index contributed by atoms with van der Waals surface area (Å²) in [7, 11) is 0. The van der Waals surface area contributed by atoms with Gasteiger partial charge in [-0.05, 0) is 50.5 Å². The maximum atomic E-state index is 12.0. The zero-order chi connectivity index (χ0) is 16.1. The molecule has 0 aliphatic carbocycles. The highest BCUT2D eigenvalue weighted by atomic mass is 16.1. The first-order chi connectivity index (χ1) is 10.5. The predicted molar refractivity (Wildman–Crippen MR) is 92.7 cm³/mol. The van der Waals surface area contributed by atoms with Crippen LogP contribution in [0.15, 0.2) is 48.5 Å². The minimum absolute atomic E-state index is 0.00392. The standard InChI is InChI=1S/C20H23NO/c1-14-5-8-18(9-6-14)10-12-20(22)21-17(4)19-11-7-15(2)13-16(19)3/h5-13,17H,1-4H3,(H,21,22)/b12-10+/t17-/m1/s1. The molecular weight excluding hydrogens is 270 g/mol. The first kappa shape index (κ1) is 16.0. The van der Waals surface area contributed by atoms with Gasteiger partial charge in [-0.15, -0.1) is 0 Å². The fraction of sp³-hybridized carbons (Fsp3) is 0.250. The van der Waals surface area contributed by atoms with Gasteiger partial charge in [-0.25, -0.2) is 0 Å². The van der Waals surface area contributed by atoms with Crippen LogP contribution < -0.4 is 5.32 Å². The number of hydrogen-bond acceptors (Lipinski definition) is 1. The van der Waals surface area contributed by atoms with E-state index >= 15 is 0 Å². The van der Waals surface area contributed by atoms with Crippen LogP contribution in [0.3, 0.4) is 0 Å². The van der Waals surface area contributed by atoms with Crippen LogP contribution in [0.5, 0.6) is 0 Å². The van der Waals surface area contributed by atoms with Crippen LogP contribution in [-0.4, -0.2) is 5.91 Å². The molecule has 0 unspecified atom stereocenters. The Morgan fingerprint density at radius 1 is 1.00 bits per heavy atom. The molecule has 1 amide bonds. The van der Waals surface area contributed by atoms with Crippen LogP contribution in [0.25, 0.3) is 6.08 Å². The topological polar surface area (TPSA) is 29.1 Å². The molecule has 0 aromatic heterocycles. The van der Waals surface area contributed by atoms with Crippen LogP contribution in [0.4, 0.5) is 0 Å². The van der Waals surface area contributed by atoms with Gasteiger partial charge in [-0.1, -0.05) is 53.6 Å². The Hall–Kier alpha value is -2.35. The van der Waals surface area contributed by atoms with Crippen LogP contribution in [-0.2, 0) is 4.79 Å². The fourth-order valence-corrected chi connectivity index (χ4v) is 2.50. The lowest BCUT2D eigenvalue weighted by molar-refractivity contribution is -0.117. The average Bonchev–Trinajstić information content (AvgIpc) is 2.46. The van der Waals surface area contributed by atoms with Crippen molar-refractivity contribution in [3.63, 3.8) is 0 Å². The van der Waals surface area contributed by atoms with Gasteiger partial charge < -0.3 is 5.32 Å². The average molecular weight is 293 g/mol. The molecule has 2 aromatic carbocycles. The van der Waals surface area contributed by atoms with E-state index in [0.717, 1.165) is 11.1 Å². The van der Waals surface area contributed by atoms with Gasteiger partial charge in [0, 0.05) is 6.08 Å². The highest BCUT2D eigenvalue weighted by Crippen LogP contribution is 2.18. The fourth-order valence-electron chi connectivity index (χ4n) is 2.50. The van der Waals surface area contributed by atoms with Crippen LogP contribution in [0.2, 0.25) is 0 Å². The Kier molecular flexibility index (Phi) is 5.16. The molecule has 0 aliphatic rings. The van der Waals surface area contributed by atoms with E-state index in [-0.39, 0.29) is 11.9 Å². The third-order valence-electron chi connectivity index (χ3n) is 3.76. The van der Waals surface area contributed by atoms with Gasteiger partial charge in [0.25, 0.3) is 0 Å². The first-order valence-electron chi connectivity index (χ1n) is 7.58. The SMILES string of the molecule is Cc1ccc(/C=C/C(=O)N[C@H](C)c2ccc(C)cc2C)cc1. The third-order valence-corrected chi connectivity index (χ3v) is 3.76. The summed E-state index contributed by atoms with van der Waals surface area (Å²) in [6.07, 6.45) is 3.42. The Bertz CT molecular complexity index is 683. The smallest absolute Gasteiger partial charge is 0.244 e. The highest BCUT2D eigenvalue weighted by molar-refractivity contribution is 5.92. The summed E-state index contributed by atoms with van der Waals surface area (Å²) in [6.45, 7) is 8.21.